The van der Waals surface area contributed by atoms with Crippen LogP contribution in [0, 0.1) is 17.8 Å². The van der Waals surface area contributed by atoms with Crippen molar-refractivity contribution in [3.8, 4) is 0 Å². The molecule has 126 valence electrons. The summed E-state index contributed by atoms with van der Waals surface area (Å²) < 4.78 is 4.72. The van der Waals surface area contributed by atoms with E-state index in [0.29, 0.717) is 0 Å². The number of rotatable bonds is 4. The first kappa shape index (κ1) is 16.0. The number of allylic oxidation sites excluding steroid dienone is 1. The Bertz CT molecular complexity index is 505. The van der Waals surface area contributed by atoms with Crippen LogP contribution in [0.4, 0.5) is 4.79 Å². The lowest BCUT2D eigenvalue weighted by Gasteiger charge is -2.56. The molecule has 3 amide bonds. The molecule has 0 atom stereocenters. The number of imide groups is 1. The van der Waals surface area contributed by atoms with Gasteiger partial charge in [-0.15, -0.1) is 0 Å². The van der Waals surface area contributed by atoms with Crippen LogP contribution in [0.2, 0.25) is 0 Å². The van der Waals surface area contributed by atoms with E-state index >= 15 is 0 Å². The van der Waals surface area contributed by atoms with Gasteiger partial charge >= 0.3 is 12.0 Å². The second-order valence-corrected chi connectivity index (χ2v) is 7.31. The number of hydrogen-bond donors (Lipinski definition) is 2. The summed E-state index contributed by atoms with van der Waals surface area (Å²) in [5, 5.41) is 5.30. The van der Waals surface area contributed by atoms with Crippen molar-refractivity contribution in [3.05, 3.63) is 12.2 Å². The van der Waals surface area contributed by atoms with Crippen LogP contribution in [0.15, 0.2) is 12.2 Å². The van der Waals surface area contributed by atoms with E-state index in [0.717, 1.165) is 37.0 Å². The second-order valence-electron chi connectivity index (χ2n) is 7.31. The highest BCUT2D eigenvalue weighted by atomic mass is 16.5. The van der Waals surface area contributed by atoms with E-state index in [1.807, 2.05) is 0 Å². The Morgan fingerprint density at radius 2 is 1.65 bits per heavy atom. The lowest BCUT2D eigenvalue weighted by atomic mass is 9.53. The number of nitrogens with one attached hydrogen (secondary N) is 2. The number of hydrogen-bond acceptors (Lipinski definition) is 4. The maximum Gasteiger partial charge on any atom is 0.330 e. The predicted molar refractivity (Wildman–Crippen MR) is 83.4 cm³/mol. The standard InChI is InChI=1S/C17H24N2O4/c1-2-3-15(21)23-10-14(20)18-16(22)19-17-7-11-4-12(8-17)6-13(5-11)9-17/h2-3,11-13H,4-10H2,1H3,(H2,18,19,20,22)/b3-2+. The summed E-state index contributed by atoms with van der Waals surface area (Å²) in [6, 6.07) is -0.473. The molecule has 0 saturated heterocycles. The minimum Gasteiger partial charge on any atom is -0.452 e. The fourth-order valence-corrected chi connectivity index (χ4v) is 5.02. The average molecular weight is 320 g/mol. The minimum atomic E-state index is -0.606. The molecule has 0 radical (unpaired) electrons. The summed E-state index contributed by atoms with van der Waals surface area (Å²) in [6.07, 6.45) is 9.71. The number of carbonyl (C=O) groups is 3. The maximum absolute atomic E-state index is 12.1. The molecule has 6 nitrogen and oxygen atoms in total. The second kappa shape index (κ2) is 6.34. The van der Waals surface area contributed by atoms with E-state index in [-0.39, 0.29) is 5.54 Å². The molecule has 0 unspecified atom stereocenters. The molecular weight excluding hydrogens is 296 g/mol. The van der Waals surface area contributed by atoms with E-state index in [1.165, 1.54) is 31.4 Å². The molecule has 23 heavy (non-hydrogen) atoms. The molecule has 4 bridgehead atoms. The van der Waals surface area contributed by atoms with Crippen molar-refractivity contribution >= 4 is 17.9 Å². The van der Waals surface area contributed by atoms with Crippen LogP contribution in [-0.4, -0.2) is 30.1 Å². The van der Waals surface area contributed by atoms with Gasteiger partial charge in [-0.3, -0.25) is 10.1 Å². The van der Waals surface area contributed by atoms with E-state index in [1.54, 1.807) is 6.92 Å². The molecule has 0 spiro atoms. The van der Waals surface area contributed by atoms with Crippen molar-refractivity contribution in [2.75, 3.05) is 6.61 Å². The molecule has 4 saturated carbocycles. The SMILES string of the molecule is C/C=C/C(=O)OCC(=O)NC(=O)NC12CC3CC(CC(C3)C1)C2. The molecule has 0 aromatic carbocycles. The van der Waals surface area contributed by atoms with Crippen molar-refractivity contribution in [2.24, 2.45) is 17.8 Å². The molecule has 0 aromatic heterocycles. The Labute approximate surface area is 136 Å². The van der Waals surface area contributed by atoms with Gasteiger partial charge in [-0.05, 0) is 63.2 Å². The van der Waals surface area contributed by atoms with Crippen molar-refractivity contribution in [3.63, 3.8) is 0 Å². The largest absolute Gasteiger partial charge is 0.452 e. The third kappa shape index (κ3) is 3.74. The van der Waals surface area contributed by atoms with Gasteiger partial charge < -0.3 is 10.1 Å². The van der Waals surface area contributed by atoms with Gasteiger partial charge in [0.1, 0.15) is 0 Å². The molecule has 4 fully saturated rings. The maximum atomic E-state index is 12.1. The Morgan fingerprint density at radius 3 is 2.17 bits per heavy atom. The van der Waals surface area contributed by atoms with Crippen LogP contribution >= 0.6 is 0 Å². The molecule has 4 aliphatic rings. The van der Waals surface area contributed by atoms with Gasteiger partial charge in [0.2, 0.25) is 0 Å². The Morgan fingerprint density at radius 1 is 1.09 bits per heavy atom. The first-order valence-electron chi connectivity index (χ1n) is 8.39. The van der Waals surface area contributed by atoms with E-state index in [4.69, 9.17) is 4.74 Å². The first-order chi connectivity index (χ1) is 11.0. The third-order valence-electron chi connectivity index (χ3n) is 5.32. The highest BCUT2D eigenvalue weighted by molar-refractivity contribution is 5.96. The smallest absolute Gasteiger partial charge is 0.330 e. The summed E-state index contributed by atoms with van der Waals surface area (Å²) in [4.78, 5) is 34.9. The molecule has 4 rings (SSSR count). The van der Waals surface area contributed by atoms with Crippen molar-refractivity contribution in [1.82, 2.24) is 10.6 Å². The summed E-state index contributed by atoms with van der Waals surface area (Å²) in [6.45, 7) is 1.23. The monoisotopic (exact) mass is 320 g/mol. The van der Waals surface area contributed by atoms with Crippen molar-refractivity contribution in [1.29, 1.82) is 0 Å². The van der Waals surface area contributed by atoms with Gasteiger partial charge in [0.15, 0.2) is 6.61 Å². The fourth-order valence-electron chi connectivity index (χ4n) is 5.02. The molecule has 0 heterocycles. The summed E-state index contributed by atoms with van der Waals surface area (Å²) >= 11 is 0. The molecule has 0 aromatic rings. The Kier molecular flexibility index (Phi) is 4.41. The van der Waals surface area contributed by atoms with Gasteiger partial charge in [-0.25, -0.2) is 9.59 Å². The lowest BCUT2D eigenvalue weighted by molar-refractivity contribution is -0.143. The quantitative estimate of drug-likeness (QED) is 0.612. The highest BCUT2D eigenvalue weighted by Gasteiger charge is 2.51. The van der Waals surface area contributed by atoms with Gasteiger partial charge in [0.05, 0.1) is 0 Å². The van der Waals surface area contributed by atoms with Gasteiger partial charge in [-0.2, -0.15) is 0 Å². The third-order valence-corrected chi connectivity index (χ3v) is 5.32. The summed E-state index contributed by atoms with van der Waals surface area (Å²) in [5.41, 5.74) is -0.138. The molecule has 4 aliphatic carbocycles. The number of urea groups is 1. The number of esters is 1. The number of amides is 3. The zero-order valence-corrected chi connectivity index (χ0v) is 13.5. The minimum absolute atomic E-state index is 0.138. The molecule has 2 N–H and O–H groups in total. The van der Waals surface area contributed by atoms with E-state index in [2.05, 4.69) is 10.6 Å². The topological polar surface area (TPSA) is 84.5 Å². The van der Waals surface area contributed by atoms with Crippen LogP contribution in [0.5, 0.6) is 0 Å². The van der Waals surface area contributed by atoms with Crippen LogP contribution < -0.4 is 10.6 Å². The van der Waals surface area contributed by atoms with Gasteiger partial charge in [-0.1, -0.05) is 6.08 Å². The molecular formula is C17H24N2O4. The van der Waals surface area contributed by atoms with Crippen molar-refractivity contribution in [2.45, 2.75) is 51.0 Å². The summed E-state index contributed by atoms with van der Waals surface area (Å²) in [5.74, 6) is 0.964. The van der Waals surface area contributed by atoms with Crippen LogP contribution in [0.3, 0.4) is 0 Å². The van der Waals surface area contributed by atoms with Crippen molar-refractivity contribution < 1.29 is 19.1 Å². The zero-order chi connectivity index (χ0) is 16.4. The first-order valence-corrected chi connectivity index (χ1v) is 8.39. The summed E-state index contributed by atoms with van der Waals surface area (Å²) in [7, 11) is 0. The average Bonchev–Trinajstić information content (AvgIpc) is 2.43. The number of carbonyl (C=O) groups excluding carboxylic acids is 3. The van der Waals surface area contributed by atoms with Crippen LogP contribution in [0.1, 0.15) is 45.4 Å². The van der Waals surface area contributed by atoms with Crippen LogP contribution in [-0.2, 0) is 14.3 Å². The van der Waals surface area contributed by atoms with Gasteiger partial charge in [0.25, 0.3) is 5.91 Å². The molecule has 0 aliphatic heterocycles. The van der Waals surface area contributed by atoms with Crippen LogP contribution in [0.25, 0.3) is 0 Å². The van der Waals surface area contributed by atoms with E-state index in [9.17, 15) is 14.4 Å². The zero-order valence-electron chi connectivity index (χ0n) is 13.5. The normalized spacial score (nSPS) is 34.4. The Balaban J connectivity index is 1.48. The van der Waals surface area contributed by atoms with Gasteiger partial charge in [0, 0.05) is 11.6 Å². The molecule has 6 heteroatoms. The highest BCUT2D eigenvalue weighted by Crippen LogP contribution is 2.55. The Hall–Kier alpha value is -1.85. The number of ether oxygens (including phenoxy) is 1. The fraction of sp³-hybridized carbons (Fsp3) is 0.706. The lowest BCUT2D eigenvalue weighted by Crippen LogP contribution is -2.62. The van der Waals surface area contributed by atoms with E-state index < -0.39 is 24.5 Å². The predicted octanol–water partition coefficient (Wildman–Crippen LogP) is 1.90.